The molecule has 154 valence electrons. The molecule has 0 spiro atoms. The second-order valence-corrected chi connectivity index (χ2v) is 7.59. The van der Waals surface area contributed by atoms with Crippen LogP contribution in [0.25, 0.3) is 0 Å². The van der Waals surface area contributed by atoms with Crippen molar-refractivity contribution in [1.82, 2.24) is 9.13 Å². The maximum atomic E-state index is 11.3. The van der Waals surface area contributed by atoms with E-state index in [1.54, 1.807) is 0 Å². The number of aryl methyl sites for hydroxylation is 2. The first-order chi connectivity index (χ1) is 13.3. The molecule has 0 bridgehead atoms. The number of aliphatic carboxylic acids is 1. The van der Waals surface area contributed by atoms with Crippen molar-refractivity contribution in [3.63, 3.8) is 0 Å². The van der Waals surface area contributed by atoms with Gasteiger partial charge in [-0.15, -0.1) is 0 Å². The average Bonchev–Trinajstić information content (AvgIpc) is 3.33. The molecule has 8 nitrogen and oxygen atoms in total. The van der Waals surface area contributed by atoms with E-state index in [1.165, 1.54) is 6.92 Å². The second kappa shape index (κ2) is 9.52. The van der Waals surface area contributed by atoms with E-state index >= 15 is 0 Å². The van der Waals surface area contributed by atoms with E-state index < -0.39 is 11.6 Å². The molecule has 28 heavy (non-hydrogen) atoms. The van der Waals surface area contributed by atoms with Crippen molar-refractivity contribution in [2.24, 2.45) is 0 Å². The van der Waals surface area contributed by atoms with Crippen molar-refractivity contribution < 1.29 is 28.6 Å². The molecule has 1 N–H and O–H groups in total. The van der Waals surface area contributed by atoms with Crippen LogP contribution >= 0.6 is 0 Å². The first-order valence-corrected chi connectivity index (χ1v) is 9.77. The molecule has 0 radical (unpaired) electrons. The number of hydrogen-bond acceptors (Lipinski definition) is 3. The maximum absolute atomic E-state index is 11.3. The summed E-state index contributed by atoms with van der Waals surface area (Å²) in [5.74, 6) is -1.13. The zero-order chi connectivity index (χ0) is 20.7. The fourth-order valence-corrected chi connectivity index (χ4v) is 3.01. The van der Waals surface area contributed by atoms with Gasteiger partial charge in [-0.25, -0.2) is 23.1 Å². The van der Waals surface area contributed by atoms with Gasteiger partial charge in [0, 0.05) is 6.42 Å². The van der Waals surface area contributed by atoms with E-state index in [0.717, 1.165) is 19.5 Å². The molecule has 8 heteroatoms. The van der Waals surface area contributed by atoms with Crippen LogP contribution in [0, 0.1) is 0 Å². The highest BCUT2D eigenvalue weighted by Crippen LogP contribution is 2.22. The van der Waals surface area contributed by atoms with Crippen LogP contribution in [-0.2, 0) is 27.4 Å². The summed E-state index contributed by atoms with van der Waals surface area (Å²) >= 11 is 0. The van der Waals surface area contributed by atoms with Crippen LogP contribution in [0.5, 0.6) is 0 Å². The van der Waals surface area contributed by atoms with Gasteiger partial charge in [0.2, 0.25) is 18.3 Å². The molecule has 3 unspecified atom stereocenters. The molecule has 2 aromatic rings. The Balaban J connectivity index is 1.89. The molecule has 0 fully saturated rings. The minimum absolute atomic E-state index is 0.0920. The van der Waals surface area contributed by atoms with Crippen LogP contribution in [0.15, 0.2) is 37.4 Å². The topological polar surface area (TPSA) is 81.2 Å². The summed E-state index contributed by atoms with van der Waals surface area (Å²) in [6.45, 7) is 9.75. The van der Waals surface area contributed by atoms with Gasteiger partial charge in [-0.3, -0.25) is 4.79 Å². The Morgan fingerprint density at radius 1 is 1.14 bits per heavy atom. The van der Waals surface area contributed by atoms with Crippen LogP contribution in [-0.4, -0.2) is 32.3 Å². The first-order valence-electron chi connectivity index (χ1n) is 9.77. The Bertz CT molecular complexity index is 785. The quantitative estimate of drug-likeness (QED) is 0.442. The maximum Gasteiger partial charge on any atom is 0.347 e. The largest absolute Gasteiger partial charge is 0.478 e. The van der Waals surface area contributed by atoms with Gasteiger partial charge in [-0.1, -0.05) is 6.92 Å². The Morgan fingerprint density at radius 3 is 2.14 bits per heavy atom. The highest BCUT2D eigenvalue weighted by atomic mass is 16.6. The van der Waals surface area contributed by atoms with E-state index in [4.69, 9.17) is 4.74 Å². The number of carboxylic acid groups (broad SMARTS) is 1. The van der Waals surface area contributed by atoms with Crippen molar-refractivity contribution in [2.75, 3.05) is 0 Å². The van der Waals surface area contributed by atoms with Crippen LogP contribution in [0.4, 0.5) is 0 Å². The molecule has 2 heterocycles. The monoisotopic (exact) mass is 392 g/mol. The molecule has 0 amide bonds. The lowest BCUT2D eigenvalue weighted by molar-refractivity contribution is -0.778. The minimum Gasteiger partial charge on any atom is -0.478 e. The fraction of sp³-hybridized carbons (Fsp3) is 0.600. The van der Waals surface area contributed by atoms with E-state index in [9.17, 15) is 14.7 Å². The van der Waals surface area contributed by atoms with Gasteiger partial charge in [0.05, 0.1) is 12.1 Å². The van der Waals surface area contributed by atoms with Crippen LogP contribution in [0.2, 0.25) is 0 Å². The van der Waals surface area contributed by atoms with Crippen LogP contribution < -0.4 is 9.13 Å². The molecule has 0 aliphatic heterocycles. The molecule has 0 saturated carbocycles. The third kappa shape index (κ3) is 5.43. The van der Waals surface area contributed by atoms with Crippen molar-refractivity contribution in [3.8, 4) is 0 Å². The summed E-state index contributed by atoms with van der Waals surface area (Å²) in [6, 6.07) is 0.588. The molecule has 0 aliphatic rings. The zero-order valence-electron chi connectivity index (χ0n) is 17.2. The smallest absolute Gasteiger partial charge is 0.347 e. The predicted molar refractivity (Wildman–Crippen MR) is 101 cm³/mol. The molecule has 0 aromatic carbocycles. The highest BCUT2D eigenvalue weighted by molar-refractivity contribution is 5.78. The van der Waals surface area contributed by atoms with Crippen molar-refractivity contribution in [1.29, 1.82) is 0 Å². The molecule has 2 rings (SSSR count). The zero-order valence-corrected chi connectivity index (χ0v) is 17.2. The number of aromatic nitrogens is 4. The van der Waals surface area contributed by atoms with Crippen LogP contribution in [0.3, 0.4) is 0 Å². The van der Waals surface area contributed by atoms with Crippen molar-refractivity contribution >= 4 is 12.4 Å². The SMILES string of the molecule is CCC(C)n1cc[n+](CC[n+]2ccn(C(C)CCC(C)(OC=O)C(=O)O)c2)c1. The Kier molecular flexibility index (Phi) is 7.37. The number of ether oxygens (including phenoxy) is 1. The van der Waals surface area contributed by atoms with Gasteiger partial charge in [-0.05, 0) is 33.6 Å². The van der Waals surface area contributed by atoms with E-state index in [1.807, 2.05) is 25.6 Å². The van der Waals surface area contributed by atoms with E-state index in [0.29, 0.717) is 12.5 Å². The molecule has 2 aromatic heterocycles. The normalized spacial score (nSPS) is 15.6. The van der Waals surface area contributed by atoms with Crippen LogP contribution in [0.1, 0.15) is 59.0 Å². The lowest BCUT2D eigenvalue weighted by Gasteiger charge is -2.23. The minimum atomic E-state index is -1.49. The molecular formula is C20H32N4O4+2. The number of carboxylic acids is 1. The number of nitrogens with zero attached hydrogens (tertiary/aromatic N) is 4. The van der Waals surface area contributed by atoms with Gasteiger partial charge >= 0.3 is 5.97 Å². The summed E-state index contributed by atoms with van der Waals surface area (Å²) in [5, 5.41) is 9.28. The summed E-state index contributed by atoms with van der Waals surface area (Å²) in [7, 11) is 0. The molecular weight excluding hydrogens is 360 g/mol. The fourth-order valence-electron chi connectivity index (χ4n) is 3.01. The summed E-state index contributed by atoms with van der Waals surface area (Å²) < 4.78 is 13.4. The van der Waals surface area contributed by atoms with E-state index in [-0.39, 0.29) is 18.9 Å². The molecule has 3 atom stereocenters. The van der Waals surface area contributed by atoms with Gasteiger partial charge in [0.1, 0.15) is 37.9 Å². The number of carbonyl (C=O) groups excluding carboxylic acids is 1. The predicted octanol–water partition coefficient (Wildman–Crippen LogP) is 1.89. The third-order valence-corrected chi connectivity index (χ3v) is 5.45. The number of hydrogen-bond donors (Lipinski definition) is 1. The molecule has 0 saturated heterocycles. The van der Waals surface area contributed by atoms with Crippen molar-refractivity contribution in [3.05, 3.63) is 37.4 Å². The Hall–Kier alpha value is -2.64. The third-order valence-electron chi connectivity index (χ3n) is 5.45. The second-order valence-electron chi connectivity index (χ2n) is 7.59. The number of imidazole rings is 2. The highest BCUT2D eigenvalue weighted by Gasteiger charge is 2.35. The summed E-state index contributed by atoms with van der Waals surface area (Å²) in [4.78, 5) is 21.9. The van der Waals surface area contributed by atoms with Crippen molar-refractivity contribution in [2.45, 2.75) is 77.7 Å². The molecule has 0 aliphatic carbocycles. The summed E-state index contributed by atoms with van der Waals surface area (Å²) in [6.07, 6.45) is 14.3. The Labute approximate surface area is 166 Å². The van der Waals surface area contributed by atoms with E-state index in [2.05, 4.69) is 50.8 Å². The van der Waals surface area contributed by atoms with Gasteiger partial charge in [0.25, 0.3) is 6.47 Å². The number of carbonyl (C=O) groups is 2. The standard InChI is InChI=1S/C20H31N4O4/c1-5-17(2)23-12-10-21(14-23)8-9-22-11-13-24(15-22)18(3)6-7-20(4,19(26)27)28-16-25/h10-18H,5-9H2,1-4H3/q+1/p+1. The lowest BCUT2D eigenvalue weighted by Crippen LogP contribution is -2.42. The summed E-state index contributed by atoms with van der Waals surface area (Å²) in [5.41, 5.74) is -1.49. The van der Waals surface area contributed by atoms with Gasteiger partial charge < -0.3 is 9.84 Å². The Morgan fingerprint density at radius 2 is 1.68 bits per heavy atom. The lowest BCUT2D eigenvalue weighted by atomic mass is 9.97. The van der Waals surface area contributed by atoms with Gasteiger partial charge in [0.15, 0.2) is 0 Å². The first kappa shape index (κ1) is 21.7. The van der Waals surface area contributed by atoms with Gasteiger partial charge in [-0.2, -0.15) is 0 Å². The average molecular weight is 393 g/mol. The number of rotatable bonds is 12.